The Balaban J connectivity index is 0.00000420. The summed E-state index contributed by atoms with van der Waals surface area (Å²) in [5.41, 5.74) is 4.54. The van der Waals surface area contributed by atoms with Crippen LogP contribution >= 0.6 is 24.8 Å². The van der Waals surface area contributed by atoms with Crippen molar-refractivity contribution in [1.29, 1.82) is 0 Å². The van der Waals surface area contributed by atoms with Crippen LogP contribution in [0.2, 0.25) is 13.1 Å². The Labute approximate surface area is 206 Å². The largest absolute Gasteiger partial charge is 0.147 e. The summed E-state index contributed by atoms with van der Waals surface area (Å²) in [7, 11) is 0. The minimum Gasteiger partial charge on any atom is -0.147 e. The fourth-order valence-corrected chi connectivity index (χ4v) is 15.6. The van der Waals surface area contributed by atoms with E-state index in [0.29, 0.717) is 11.8 Å². The van der Waals surface area contributed by atoms with Gasteiger partial charge in [0.05, 0.1) is 0 Å². The van der Waals surface area contributed by atoms with Crippen molar-refractivity contribution in [3.63, 3.8) is 0 Å². The van der Waals surface area contributed by atoms with Crippen molar-refractivity contribution in [2.75, 3.05) is 0 Å². The summed E-state index contributed by atoms with van der Waals surface area (Å²) in [5, 5.41) is 0. The molecule has 175 valence electrons. The third-order valence-electron chi connectivity index (χ3n) is 7.24. The summed E-state index contributed by atoms with van der Waals surface area (Å²) in [6, 6.07) is 0. The summed E-state index contributed by atoms with van der Waals surface area (Å²) >= 11 is -1.70. The van der Waals surface area contributed by atoms with Gasteiger partial charge in [0.2, 0.25) is 0 Å². The molecule has 2 aliphatic carbocycles. The molecule has 0 aromatic rings. The van der Waals surface area contributed by atoms with Gasteiger partial charge in [0.15, 0.2) is 0 Å². The number of hydrogen-bond donors (Lipinski definition) is 1. The zero-order chi connectivity index (χ0) is 20.7. The van der Waals surface area contributed by atoms with E-state index in [-0.39, 0.29) is 30.7 Å². The van der Waals surface area contributed by atoms with Gasteiger partial charge in [-0.05, 0) is 0 Å². The standard InChI is InChI=1S/C13H25NO.C9H13.C2H7Si.2ClH.Ti/c14-13(15)12-10-8-6-4-2-1-3-5-7-9-11-12;1-6-5-7(2)9(4)8(6)3;1-3-2;;;/h12H,1-11H2,(H2,14,15);6H,1-4H3;3H,1-2H3;2*1H;/q;;;;;+1/p-1. The summed E-state index contributed by atoms with van der Waals surface area (Å²) in [6.07, 6.45) is 14.3. The first-order chi connectivity index (χ1) is 13.3. The number of allylic oxidation sites excluding steroid dienone is 4. The Kier molecular flexibility index (Phi) is 15.6. The topological polar surface area (TPSA) is 29.1 Å². The van der Waals surface area contributed by atoms with E-state index in [9.17, 15) is 4.79 Å². The molecule has 0 saturated heterocycles. The van der Waals surface area contributed by atoms with E-state index in [1.807, 2.05) is 0 Å². The van der Waals surface area contributed by atoms with Crippen LogP contribution in [-0.4, -0.2) is 12.6 Å². The Morgan fingerprint density at radius 3 is 1.63 bits per heavy atom. The van der Waals surface area contributed by atoms with E-state index in [0.717, 1.165) is 12.8 Å². The van der Waals surface area contributed by atoms with Gasteiger partial charge in [0.25, 0.3) is 0 Å². The maximum atomic E-state index is 13.4. The Hall–Kier alpha value is 0.461. The van der Waals surface area contributed by atoms with Crippen molar-refractivity contribution in [3.05, 3.63) is 20.6 Å². The van der Waals surface area contributed by atoms with Crippen LogP contribution in [0.15, 0.2) is 20.6 Å². The van der Waals surface area contributed by atoms with Crippen LogP contribution in [0.25, 0.3) is 0 Å². The molecule has 0 aromatic carbocycles. The van der Waals surface area contributed by atoms with E-state index in [4.69, 9.17) is 0 Å². The quantitative estimate of drug-likeness (QED) is 0.386. The minimum absolute atomic E-state index is 0. The van der Waals surface area contributed by atoms with E-state index in [2.05, 4.69) is 44.6 Å². The SMILES string of the molecule is CC1=C(C)C(C)[C]([Ti]([NH]C(=O)C2CCCCCCCCCCC2)[SiH](C)C)=C1C.Cl.Cl. The molecule has 0 spiro atoms. The molecule has 0 aromatic heterocycles. The van der Waals surface area contributed by atoms with Crippen molar-refractivity contribution >= 4 is 37.4 Å². The van der Waals surface area contributed by atoms with Crippen LogP contribution in [0.5, 0.6) is 0 Å². The van der Waals surface area contributed by atoms with Gasteiger partial charge in [-0.1, -0.05) is 0 Å². The van der Waals surface area contributed by atoms with Crippen molar-refractivity contribution in [2.24, 2.45) is 11.8 Å². The second-order valence-electron chi connectivity index (χ2n) is 9.58. The van der Waals surface area contributed by atoms with Crippen molar-refractivity contribution in [1.82, 2.24) is 3.80 Å². The fourth-order valence-electron chi connectivity index (χ4n) is 4.98. The van der Waals surface area contributed by atoms with E-state index < -0.39 is 24.0 Å². The summed E-state index contributed by atoms with van der Waals surface area (Å²) in [6.45, 7) is 13.3. The number of carbonyl (C=O) groups is 1. The first-order valence-electron chi connectivity index (χ1n) is 11.9. The van der Waals surface area contributed by atoms with Crippen molar-refractivity contribution in [2.45, 2.75) is 111 Å². The van der Waals surface area contributed by atoms with Gasteiger partial charge in [-0.15, -0.1) is 24.8 Å². The molecular weight excluding hydrogens is 465 g/mol. The molecule has 0 heterocycles. The van der Waals surface area contributed by atoms with Gasteiger partial charge in [-0.2, -0.15) is 0 Å². The van der Waals surface area contributed by atoms with Gasteiger partial charge < -0.3 is 0 Å². The second kappa shape index (κ2) is 15.3. The molecule has 0 bridgehead atoms. The Morgan fingerprint density at radius 2 is 1.27 bits per heavy atom. The molecule has 1 atom stereocenters. The van der Waals surface area contributed by atoms with Crippen molar-refractivity contribution in [3.8, 4) is 0 Å². The molecule has 2 rings (SSSR count). The summed E-state index contributed by atoms with van der Waals surface area (Å²) in [5.74, 6) is 1.24. The van der Waals surface area contributed by atoms with E-state index >= 15 is 0 Å². The predicted molar refractivity (Wildman–Crippen MR) is 136 cm³/mol. The number of halogens is 2. The van der Waals surface area contributed by atoms with Crippen LogP contribution in [0.1, 0.15) is 98.3 Å². The summed E-state index contributed by atoms with van der Waals surface area (Å²) < 4.78 is 5.43. The molecule has 1 N–H and O–H groups in total. The zero-order valence-corrected chi connectivity index (χ0v) is 24.6. The average molecular weight is 511 g/mol. The fraction of sp³-hybridized carbons (Fsp3) is 0.792. The molecule has 1 amide bonds. The number of hydrogen-bond acceptors (Lipinski definition) is 1. The number of carbonyl (C=O) groups excluding carboxylic acids is 1. The number of nitrogens with one attached hydrogen (secondary N) is 1. The van der Waals surface area contributed by atoms with Gasteiger partial charge in [-0.3, -0.25) is 0 Å². The van der Waals surface area contributed by atoms with Crippen molar-refractivity contribution < 1.29 is 22.2 Å². The third kappa shape index (κ3) is 8.43. The molecule has 2 aliphatic rings. The molecule has 0 radical (unpaired) electrons. The Morgan fingerprint density at radius 1 is 0.833 bits per heavy atom. The number of rotatable bonds is 4. The van der Waals surface area contributed by atoms with Crippen LogP contribution < -0.4 is 3.80 Å². The first kappa shape index (κ1) is 30.5. The molecular formula is C24H46Cl2NOSiTi. The average Bonchev–Trinajstić information content (AvgIpc) is 2.83. The normalized spacial score (nSPS) is 22.0. The Bertz CT molecular complexity index is 594. The maximum absolute atomic E-state index is 13.4. The monoisotopic (exact) mass is 510 g/mol. The molecule has 6 heteroatoms. The minimum atomic E-state index is -1.70. The van der Waals surface area contributed by atoms with Crippen LogP contribution in [0, 0.1) is 11.8 Å². The molecule has 0 aliphatic heterocycles. The van der Waals surface area contributed by atoms with Gasteiger partial charge in [-0.25, -0.2) is 0 Å². The number of amides is 1. The smallest absolute Gasteiger partial charge is 0.147 e. The van der Waals surface area contributed by atoms with Gasteiger partial charge in [0, 0.05) is 0 Å². The van der Waals surface area contributed by atoms with Gasteiger partial charge >= 0.3 is 182 Å². The molecule has 2 nitrogen and oxygen atoms in total. The van der Waals surface area contributed by atoms with Gasteiger partial charge in [0.1, 0.15) is 0 Å². The molecule has 1 fully saturated rings. The van der Waals surface area contributed by atoms with E-state index in [1.54, 1.807) is 3.88 Å². The van der Waals surface area contributed by atoms with Crippen LogP contribution in [0.4, 0.5) is 0 Å². The molecule has 1 unspecified atom stereocenters. The second-order valence-corrected chi connectivity index (χ2v) is 22.2. The first-order valence-corrected chi connectivity index (χ1v) is 19.1. The third-order valence-corrected chi connectivity index (χ3v) is 18.7. The van der Waals surface area contributed by atoms with Crippen LogP contribution in [0.3, 0.4) is 0 Å². The van der Waals surface area contributed by atoms with E-state index in [1.165, 1.54) is 74.5 Å². The maximum Gasteiger partial charge on any atom is -0.147 e. The summed E-state index contributed by atoms with van der Waals surface area (Å²) in [4.78, 5) is 13.4. The zero-order valence-electron chi connectivity index (χ0n) is 20.2. The molecule has 1 saturated carbocycles. The van der Waals surface area contributed by atoms with Crippen LogP contribution in [-0.2, 0) is 22.2 Å². The predicted octanol–water partition coefficient (Wildman–Crippen LogP) is 7.64. The molecule has 30 heavy (non-hydrogen) atoms.